The monoisotopic (exact) mass is 267 g/mol. The van der Waals surface area contributed by atoms with Gasteiger partial charge < -0.3 is 9.47 Å². The molecule has 7 heteroatoms. The molecule has 0 saturated heterocycles. The second-order valence-corrected chi connectivity index (χ2v) is 3.35. The summed E-state index contributed by atoms with van der Waals surface area (Å²) in [5.41, 5.74) is -1.02. The predicted molar refractivity (Wildman–Crippen MR) is 63.3 cm³/mol. The van der Waals surface area contributed by atoms with Crippen molar-refractivity contribution in [3.8, 4) is 18.1 Å². The Balaban J connectivity index is 3.20. The van der Waals surface area contributed by atoms with Crippen molar-refractivity contribution in [2.75, 3.05) is 13.7 Å². The zero-order valence-corrected chi connectivity index (χ0v) is 10.0. The molecule has 0 atom stereocenters. The number of methoxy groups -OCH3 is 1. The number of benzene rings is 1. The summed E-state index contributed by atoms with van der Waals surface area (Å²) in [6.45, 7) is 0.0174. The molecular weight excluding hydrogens is 257 g/mol. The SMILES string of the molecule is C#CCCOc1cc(C(=O)OC)c(F)cc1[N+](=O)[O-]. The number of ether oxygens (including phenoxy) is 2. The van der Waals surface area contributed by atoms with Crippen LogP contribution in [0.15, 0.2) is 12.1 Å². The third-order valence-corrected chi connectivity index (χ3v) is 2.15. The van der Waals surface area contributed by atoms with Crippen LogP contribution in [0, 0.1) is 28.3 Å². The van der Waals surface area contributed by atoms with Gasteiger partial charge >= 0.3 is 11.7 Å². The first kappa shape index (κ1) is 14.4. The summed E-state index contributed by atoms with van der Waals surface area (Å²) in [6.07, 6.45) is 5.24. The molecule has 0 fully saturated rings. The van der Waals surface area contributed by atoms with E-state index in [-0.39, 0.29) is 18.8 Å². The Morgan fingerprint density at radius 3 is 2.79 bits per heavy atom. The first-order valence-electron chi connectivity index (χ1n) is 5.13. The fourth-order valence-electron chi connectivity index (χ4n) is 1.29. The Hall–Kier alpha value is -2.62. The largest absolute Gasteiger partial charge is 0.486 e. The molecule has 1 aromatic carbocycles. The van der Waals surface area contributed by atoms with Gasteiger partial charge in [0.2, 0.25) is 0 Å². The van der Waals surface area contributed by atoms with Crippen molar-refractivity contribution in [1.29, 1.82) is 0 Å². The maximum Gasteiger partial charge on any atom is 0.340 e. The number of rotatable bonds is 5. The summed E-state index contributed by atoms with van der Waals surface area (Å²) < 4.78 is 23.0. The Kier molecular flexibility index (Phi) is 4.83. The standard InChI is InChI=1S/C12H10FNO5/c1-3-4-5-19-11-6-8(12(15)18-2)9(13)7-10(11)14(16)17/h1,6-7H,4-5H2,2H3. The Morgan fingerprint density at radius 2 is 2.26 bits per heavy atom. The molecule has 6 nitrogen and oxygen atoms in total. The molecule has 0 aliphatic carbocycles. The second kappa shape index (κ2) is 6.35. The van der Waals surface area contributed by atoms with Gasteiger partial charge in [-0.1, -0.05) is 0 Å². The highest BCUT2D eigenvalue weighted by Crippen LogP contribution is 2.30. The van der Waals surface area contributed by atoms with Gasteiger partial charge in [-0.25, -0.2) is 9.18 Å². The number of carbonyl (C=O) groups is 1. The molecule has 1 rings (SSSR count). The van der Waals surface area contributed by atoms with Crippen LogP contribution in [-0.2, 0) is 4.74 Å². The van der Waals surface area contributed by atoms with Gasteiger partial charge in [0, 0.05) is 12.5 Å². The van der Waals surface area contributed by atoms with E-state index in [4.69, 9.17) is 11.2 Å². The number of esters is 1. The van der Waals surface area contributed by atoms with Crippen LogP contribution in [0.1, 0.15) is 16.8 Å². The number of nitro groups is 1. The molecule has 0 unspecified atom stereocenters. The van der Waals surface area contributed by atoms with Crippen LogP contribution in [0.25, 0.3) is 0 Å². The van der Waals surface area contributed by atoms with Gasteiger partial charge in [-0.05, 0) is 0 Å². The topological polar surface area (TPSA) is 78.7 Å². The van der Waals surface area contributed by atoms with Crippen LogP contribution < -0.4 is 4.74 Å². The van der Waals surface area contributed by atoms with E-state index < -0.39 is 28.0 Å². The number of halogens is 1. The number of nitro benzene ring substituents is 1. The summed E-state index contributed by atoms with van der Waals surface area (Å²) in [4.78, 5) is 21.2. The highest BCUT2D eigenvalue weighted by molar-refractivity contribution is 5.90. The van der Waals surface area contributed by atoms with Crippen molar-refractivity contribution >= 4 is 11.7 Å². The normalized spacial score (nSPS) is 9.53. The zero-order chi connectivity index (χ0) is 14.4. The van der Waals surface area contributed by atoms with Crippen LogP contribution in [-0.4, -0.2) is 24.6 Å². The van der Waals surface area contributed by atoms with Crippen LogP contribution in [0.5, 0.6) is 5.75 Å². The number of terminal acetylenes is 1. The lowest BCUT2D eigenvalue weighted by atomic mass is 10.1. The predicted octanol–water partition coefficient (Wildman–Crippen LogP) is 1.92. The van der Waals surface area contributed by atoms with Crippen LogP contribution in [0.3, 0.4) is 0 Å². The van der Waals surface area contributed by atoms with Crippen molar-refractivity contribution in [1.82, 2.24) is 0 Å². The summed E-state index contributed by atoms with van der Waals surface area (Å²) >= 11 is 0. The molecule has 19 heavy (non-hydrogen) atoms. The summed E-state index contributed by atoms with van der Waals surface area (Å²) in [5, 5.41) is 10.8. The molecule has 0 aliphatic rings. The number of hydrogen-bond acceptors (Lipinski definition) is 5. The number of nitrogens with zero attached hydrogens (tertiary/aromatic N) is 1. The molecule has 0 spiro atoms. The molecule has 0 N–H and O–H groups in total. The first-order chi connectivity index (χ1) is 9.01. The highest BCUT2D eigenvalue weighted by atomic mass is 19.1. The van der Waals surface area contributed by atoms with E-state index in [9.17, 15) is 19.3 Å². The van der Waals surface area contributed by atoms with Crippen LogP contribution in [0.4, 0.5) is 10.1 Å². The van der Waals surface area contributed by atoms with E-state index in [1.807, 2.05) is 0 Å². The van der Waals surface area contributed by atoms with Gasteiger partial charge in [-0.2, -0.15) is 0 Å². The summed E-state index contributed by atoms with van der Waals surface area (Å²) in [6, 6.07) is 1.53. The molecule has 100 valence electrons. The third kappa shape index (κ3) is 3.42. The van der Waals surface area contributed by atoms with Crippen molar-refractivity contribution in [2.45, 2.75) is 6.42 Å². The summed E-state index contributed by atoms with van der Waals surface area (Å²) in [7, 11) is 1.07. The quantitative estimate of drug-likeness (QED) is 0.268. The lowest BCUT2D eigenvalue weighted by molar-refractivity contribution is -0.386. The van der Waals surface area contributed by atoms with E-state index in [0.717, 1.165) is 13.2 Å². The fraction of sp³-hybridized carbons (Fsp3) is 0.250. The first-order valence-corrected chi connectivity index (χ1v) is 5.13. The van der Waals surface area contributed by atoms with E-state index in [1.54, 1.807) is 0 Å². The molecule has 0 amide bonds. The maximum absolute atomic E-state index is 13.5. The molecule has 0 radical (unpaired) electrons. The summed E-state index contributed by atoms with van der Waals surface area (Å²) in [5.74, 6) is 0.0491. The van der Waals surface area contributed by atoms with E-state index in [1.165, 1.54) is 0 Å². The minimum Gasteiger partial charge on any atom is -0.486 e. The molecule has 0 heterocycles. The highest BCUT2D eigenvalue weighted by Gasteiger charge is 2.23. The molecular formula is C12H10FNO5. The van der Waals surface area contributed by atoms with Crippen molar-refractivity contribution in [3.63, 3.8) is 0 Å². The Morgan fingerprint density at radius 1 is 1.58 bits per heavy atom. The van der Waals surface area contributed by atoms with Crippen LogP contribution in [0.2, 0.25) is 0 Å². The van der Waals surface area contributed by atoms with Gasteiger partial charge in [0.1, 0.15) is 5.82 Å². The average molecular weight is 267 g/mol. The van der Waals surface area contributed by atoms with Crippen molar-refractivity contribution in [2.24, 2.45) is 0 Å². The van der Waals surface area contributed by atoms with Gasteiger partial charge in [0.15, 0.2) is 5.75 Å². The minimum atomic E-state index is -1.05. The fourth-order valence-corrected chi connectivity index (χ4v) is 1.29. The Labute approximate surface area is 108 Å². The molecule has 0 aromatic heterocycles. The average Bonchev–Trinajstić information content (AvgIpc) is 2.39. The number of carbonyl (C=O) groups excluding carboxylic acids is 1. The van der Waals surface area contributed by atoms with Gasteiger partial charge in [0.25, 0.3) is 0 Å². The zero-order valence-electron chi connectivity index (χ0n) is 10.0. The smallest absolute Gasteiger partial charge is 0.340 e. The minimum absolute atomic E-state index is 0.0174. The van der Waals surface area contributed by atoms with Crippen molar-refractivity contribution in [3.05, 3.63) is 33.6 Å². The molecule has 0 saturated carbocycles. The van der Waals surface area contributed by atoms with Crippen molar-refractivity contribution < 1.29 is 23.6 Å². The van der Waals surface area contributed by atoms with Gasteiger partial charge in [-0.15, -0.1) is 12.3 Å². The maximum atomic E-state index is 13.5. The lowest BCUT2D eigenvalue weighted by Crippen LogP contribution is -2.07. The molecule has 0 bridgehead atoms. The lowest BCUT2D eigenvalue weighted by Gasteiger charge is -2.07. The van der Waals surface area contributed by atoms with E-state index in [0.29, 0.717) is 6.07 Å². The molecule has 1 aromatic rings. The van der Waals surface area contributed by atoms with Gasteiger partial charge in [-0.3, -0.25) is 10.1 Å². The third-order valence-electron chi connectivity index (χ3n) is 2.15. The number of hydrogen-bond donors (Lipinski definition) is 0. The second-order valence-electron chi connectivity index (χ2n) is 3.35. The van der Waals surface area contributed by atoms with E-state index >= 15 is 0 Å². The van der Waals surface area contributed by atoms with E-state index in [2.05, 4.69) is 10.7 Å². The van der Waals surface area contributed by atoms with Gasteiger partial charge in [0.05, 0.1) is 30.3 Å². The Bertz CT molecular complexity index is 550. The van der Waals surface area contributed by atoms with Crippen LogP contribution >= 0.6 is 0 Å². The molecule has 0 aliphatic heterocycles.